The molecule has 1 fully saturated rings. The average molecular weight is 415 g/mol. The summed E-state index contributed by atoms with van der Waals surface area (Å²) in [5.74, 6) is -1.42. The number of nitriles is 1. The predicted octanol–water partition coefficient (Wildman–Crippen LogP) is 4.43. The molecule has 0 spiro atoms. The van der Waals surface area contributed by atoms with Crippen molar-refractivity contribution in [3.05, 3.63) is 70.8 Å². The van der Waals surface area contributed by atoms with Gasteiger partial charge in [0.15, 0.2) is 5.69 Å². The highest BCUT2D eigenvalue weighted by molar-refractivity contribution is 6.03. The number of aromatic nitrogens is 3. The SMILES string of the molecule is N#Cc1cc(NC(=O)c2nnn(-c3cccc(C(F)(F)F)c3)c2C2CC2)ccc1F. The maximum Gasteiger partial charge on any atom is 0.416 e. The number of alkyl halides is 3. The van der Waals surface area contributed by atoms with Gasteiger partial charge in [0.2, 0.25) is 0 Å². The van der Waals surface area contributed by atoms with Crippen LogP contribution in [0.15, 0.2) is 42.5 Å². The molecule has 0 saturated heterocycles. The van der Waals surface area contributed by atoms with Crippen LogP contribution in [0, 0.1) is 17.1 Å². The van der Waals surface area contributed by atoms with Crippen molar-refractivity contribution in [1.29, 1.82) is 5.26 Å². The van der Waals surface area contributed by atoms with Gasteiger partial charge in [-0.3, -0.25) is 4.79 Å². The van der Waals surface area contributed by atoms with Crippen LogP contribution >= 0.6 is 0 Å². The molecule has 1 aromatic heterocycles. The van der Waals surface area contributed by atoms with Crippen LogP contribution in [-0.4, -0.2) is 20.9 Å². The number of carbonyl (C=O) groups is 1. The molecular weight excluding hydrogens is 402 g/mol. The molecule has 1 heterocycles. The molecule has 1 saturated carbocycles. The van der Waals surface area contributed by atoms with E-state index in [1.165, 1.54) is 28.9 Å². The minimum atomic E-state index is -4.52. The first-order valence-electron chi connectivity index (χ1n) is 8.92. The van der Waals surface area contributed by atoms with Gasteiger partial charge in [-0.15, -0.1) is 5.10 Å². The van der Waals surface area contributed by atoms with Crippen LogP contribution in [0.2, 0.25) is 0 Å². The van der Waals surface area contributed by atoms with Crippen LogP contribution < -0.4 is 5.32 Å². The van der Waals surface area contributed by atoms with Gasteiger partial charge in [0.05, 0.1) is 22.5 Å². The van der Waals surface area contributed by atoms with E-state index < -0.39 is 23.5 Å². The van der Waals surface area contributed by atoms with Gasteiger partial charge < -0.3 is 5.32 Å². The van der Waals surface area contributed by atoms with Crippen molar-refractivity contribution in [3.8, 4) is 11.8 Å². The van der Waals surface area contributed by atoms with Crippen LogP contribution in [0.5, 0.6) is 0 Å². The molecule has 1 amide bonds. The topological polar surface area (TPSA) is 83.6 Å². The normalized spacial score (nSPS) is 13.7. The molecule has 152 valence electrons. The summed E-state index contributed by atoms with van der Waals surface area (Å²) in [6, 6.07) is 9.82. The average Bonchev–Trinajstić information content (AvgIpc) is 3.46. The van der Waals surface area contributed by atoms with Crippen LogP contribution in [0.25, 0.3) is 5.69 Å². The molecule has 1 N–H and O–H groups in total. The number of hydrogen-bond acceptors (Lipinski definition) is 4. The number of benzene rings is 2. The van der Waals surface area contributed by atoms with E-state index in [1.54, 1.807) is 6.07 Å². The minimum Gasteiger partial charge on any atom is -0.320 e. The molecule has 2 aromatic carbocycles. The number of rotatable bonds is 4. The largest absolute Gasteiger partial charge is 0.416 e. The number of amides is 1. The zero-order valence-corrected chi connectivity index (χ0v) is 15.2. The van der Waals surface area contributed by atoms with Gasteiger partial charge >= 0.3 is 6.18 Å². The van der Waals surface area contributed by atoms with Crippen molar-refractivity contribution >= 4 is 11.6 Å². The molecule has 1 aliphatic rings. The Labute approximate surface area is 167 Å². The lowest BCUT2D eigenvalue weighted by Crippen LogP contribution is -2.15. The van der Waals surface area contributed by atoms with Crippen molar-refractivity contribution in [1.82, 2.24) is 15.0 Å². The highest BCUT2D eigenvalue weighted by Gasteiger charge is 2.35. The quantitative estimate of drug-likeness (QED) is 0.639. The van der Waals surface area contributed by atoms with Gasteiger partial charge in [0.1, 0.15) is 11.9 Å². The highest BCUT2D eigenvalue weighted by atomic mass is 19.4. The van der Waals surface area contributed by atoms with E-state index in [1.807, 2.05) is 0 Å². The maximum absolute atomic E-state index is 13.5. The Balaban J connectivity index is 1.69. The molecule has 0 atom stereocenters. The van der Waals surface area contributed by atoms with Gasteiger partial charge in [-0.05, 0) is 49.2 Å². The third-order valence-corrected chi connectivity index (χ3v) is 4.65. The van der Waals surface area contributed by atoms with Gasteiger partial charge in [-0.25, -0.2) is 9.07 Å². The van der Waals surface area contributed by atoms with E-state index in [9.17, 15) is 22.4 Å². The second kappa shape index (κ2) is 7.26. The lowest BCUT2D eigenvalue weighted by Gasteiger charge is -2.11. The molecule has 0 bridgehead atoms. The third-order valence-electron chi connectivity index (χ3n) is 4.65. The zero-order chi connectivity index (χ0) is 21.5. The van der Waals surface area contributed by atoms with Crippen molar-refractivity contribution in [3.63, 3.8) is 0 Å². The molecule has 3 aromatic rings. The Kier molecular flexibility index (Phi) is 4.73. The smallest absolute Gasteiger partial charge is 0.320 e. The summed E-state index contributed by atoms with van der Waals surface area (Å²) in [6.45, 7) is 0. The number of nitrogens with zero attached hydrogens (tertiary/aromatic N) is 4. The summed E-state index contributed by atoms with van der Waals surface area (Å²) in [5.41, 5.74) is -0.353. The number of hydrogen-bond donors (Lipinski definition) is 1. The lowest BCUT2D eigenvalue weighted by atomic mass is 10.1. The molecule has 0 radical (unpaired) electrons. The first kappa shape index (κ1) is 19.6. The van der Waals surface area contributed by atoms with E-state index in [2.05, 4.69) is 15.6 Å². The fraction of sp³-hybridized carbons (Fsp3) is 0.200. The monoisotopic (exact) mass is 415 g/mol. The van der Waals surface area contributed by atoms with Crippen LogP contribution in [0.4, 0.5) is 23.2 Å². The van der Waals surface area contributed by atoms with Crippen molar-refractivity contribution < 1.29 is 22.4 Å². The fourth-order valence-corrected chi connectivity index (χ4v) is 3.06. The van der Waals surface area contributed by atoms with Gasteiger partial charge in [0, 0.05) is 11.6 Å². The summed E-state index contributed by atoms with van der Waals surface area (Å²) in [4.78, 5) is 12.7. The van der Waals surface area contributed by atoms with E-state index in [4.69, 9.17) is 5.26 Å². The second-order valence-electron chi connectivity index (χ2n) is 6.82. The first-order chi connectivity index (χ1) is 14.3. The molecule has 30 heavy (non-hydrogen) atoms. The minimum absolute atomic E-state index is 0.0299. The summed E-state index contributed by atoms with van der Waals surface area (Å²) in [6.07, 6.45) is -3.01. The Bertz CT molecular complexity index is 1170. The molecular formula is C20H13F4N5O. The zero-order valence-electron chi connectivity index (χ0n) is 15.2. The first-order valence-corrected chi connectivity index (χ1v) is 8.92. The van der Waals surface area contributed by atoms with E-state index in [0.29, 0.717) is 5.69 Å². The summed E-state index contributed by atoms with van der Waals surface area (Å²) >= 11 is 0. The standard InChI is InChI=1S/C20H13F4N5O/c21-16-7-6-14(8-12(16)10-25)26-19(30)17-18(11-4-5-11)29(28-27-17)15-3-1-2-13(9-15)20(22,23)24/h1-3,6-9,11H,4-5H2,(H,26,30). The van der Waals surface area contributed by atoms with Crippen molar-refractivity contribution in [2.75, 3.05) is 5.32 Å². The third kappa shape index (κ3) is 3.74. The molecule has 4 rings (SSSR count). The Hall–Kier alpha value is -3.74. The Morgan fingerprint density at radius 1 is 1.20 bits per heavy atom. The Morgan fingerprint density at radius 2 is 1.97 bits per heavy atom. The molecule has 0 aliphatic heterocycles. The number of anilines is 1. The summed E-state index contributed by atoms with van der Waals surface area (Å²) in [7, 11) is 0. The number of nitrogens with one attached hydrogen (secondary N) is 1. The predicted molar refractivity (Wildman–Crippen MR) is 97.4 cm³/mol. The fourth-order valence-electron chi connectivity index (χ4n) is 3.06. The summed E-state index contributed by atoms with van der Waals surface area (Å²) in [5, 5.41) is 19.2. The van der Waals surface area contributed by atoms with Crippen LogP contribution in [0.1, 0.15) is 46.1 Å². The molecule has 1 aliphatic carbocycles. The highest BCUT2D eigenvalue weighted by Crippen LogP contribution is 2.42. The second-order valence-corrected chi connectivity index (χ2v) is 6.82. The van der Waals surface area contributed by atoms with E-state index >= 15 is 0 Å². The molecule has 6 nitrogen and oxygen atoms in total. The van der Waals surface area contributed by atoms with Gasteiger partial charge in [-0.1, -0.05) is 11.3 Å². The molecule has 10 heteroatoms. The van der Waals surface area contributed by atoms with Gasteiger partial charge in [-0.2, -0.15) is 18.4 Å². The molecule has 0 unspecified atom stereocenters. The van der Waals surface area contributed by atoms with Crippen LogP contribution in [-0.2, 0) is 6.18 Å². The number of carbonyl (C=O) groups excluding carboxylic acids is 1. The van der Waals surface area contributed by atoms with Crippen molar-refractivity contribution in [2.24, 2.45) is 0 Å². The van der Waals surface area contributed by atoms with E-state index in [-0.39, 0.29) is 28.6 Å². The van der Waals surface area contributed by atoms with E-state index in [0.717, 1.165) is 31.0 Å². The summed E-state index contributed by atoms with van der Waals surface area (Å²) < 4.78 is 53.9. The van der Waals surface area contributed by atoms with Crippen molar-refractivity contribution in [2.45, 2.75) is 24.9 Å². The van der Waals surface area contributed by atoms with Gasteiger partial charge in [0.25, 0.3) is 5.91 Å². The maximum atomic E-state index is 13.5. The lowest BCUT2D eigenvalue weighted by molar-refractivity contribution is -0.137. The van der Waals surface area contributed by atoms with Crippen LogP contribution in [0.3, 0.4) is 0 Å². The number of halogens is 4. The Morgan fingerprint density at radius 3 is 2.63 bits per heavy atom.